The van der Waals surface area contributed by atoms with Gasteiger partial charge in [0.2, 0.25) is 0 Å². The van der Waals surface area contributed by atoms with Crippen molar-refractivity contribution in [3.8, 4) is 5.75 Å². The lowest BCUT2D eigenvalue weighted by Crippen LogP contribution is -2.37. The topological polar surface area (TPSA) is 37.0 Å². The highest BCUT2D eigenvalue weighted by Crippen LogP contribution is 2.29. The number of fused-ring (bicyclic) bond motifs is 2. The summed E-state index contributed by atoms with van der Waals surface area (Å²) >= 11 is 0. The summed E-state index contributed by atoms with van der Waals surface area (Å²) in [6.07, 6.45) is 5.09. The molecule has 3 heterocycles. The Morgan fingerprint density at radius 1 is 1.04 bits per heavy atom. The number of ether oxygens (including phenoxy) is 2. The minimum absolute atomic E-state index is 0.721. The molecule has 1 N–H and O–H groups in total. The molecular formula is C21H33N3O2. The molecule has 1 aromatic carbocycles. The van der Waals surface area contributed by atoms with Gasteiger partial charge < -0.3 is 14.8 Å². The Morgan fingerprint density at radius 3 is 2.69 bits per heavy atom. The molecule has 4 rings (SSSR count). The van der Waals surface area contributed by atoms with Crippen LogP contribution in [0.3, 0.4) is 0 Å². The van der Waals surface area contributed by atoms with E-state index < -0.39 is 0 Å². The zero-order valence-electron chi connectivity index (χ0n) is 15.9. The van der Waals surface area contributed by atoms with Crippen LogP contribution in [0.25, 0.3) is 0 Å². The van der Waals surface area contributed by atoms with E-state index >= 15 is 0 Å². The Kier molecular flexibility index (Phi) is 6.44. The lowest BCUT2D eigenvalue weighted by atomic mass is 10.1. The van der Waals surface area contributed by atoms with Crippen molar-refractivity contribution < 1.29 is 9.47 Å². The van der Waals surface area contributed by atoms with E-state index in [4.69, 9.17) is 9.47 Å². The van der Waals surface area contributed by atoms with Gasteiger partial charge in [-0.2, -0.15) is 0 Å². The average molecular weight is 360 g/mol. The first kappa shape index (κ1) is 18.2. The van der Waals surface area contributed by atoms with Crippen molar-refractivity contribution in [1.82, 2.24) is 15.1 Å². The number of rotatable bonds is 7. The third-order valence-electron chi connectivity index (χ3n) is 6.09. The summed E-state index contributed by atoms with van der Waals surface area (Å²) in [5, 5.41) is 3.58. The van der Waals surface area contributed by atoms with Gasteiger partial charge in [-0.05, 0) is 49.9 Å². The van der Waals surface area contributed by atoms with Crippen molar-refractivity contribution in [2.24, 2.45) is 0 Å². The molecule has 26 heavy (non-hydrogen) atoms. The van der Waals surface area contributed by atoms with Crippen LogP contribution in [0, 0.1) is 0 Å². The van der Waals surface area contributed by atoms with Gasteiger partial charge >= 0.3 is 0 Å². The molecule has 5 heteroatoms. The van der Waals surface area contributed by atoms with Crippen molar-refractivity contribution in [3.63, 3.8) is 0 Å². The highest BCUT2D eigenvalue weighted by molar-refractivity contribution is 5.27. The van der Waals surface area contributed by atoms with Crippen LogP contribution in [-0.2, 0) is 11.3 Å². The Balaban J connectivity index is 1.21. The Labute approximate surface area is 157 Å². The van der Waals surface area contributed by atoms with E-state index in [-0.39, 0.29) is 0 Å². The van der Waals surface area contributed by atoms with Crippen molar-refractivity contribution in [1.29, 1.82) is 0 Å². The summed E-state index contributed by atoms with van der Waals surface area (Å²) in [6.45, 7) is 9.16. The molecular weight excluding hydrogens is 326 g/mol. The van der Waals surface area contributed by atoms with Gasteiger partial charge in [0.1, 0.15) is 5.75 Å². The zero-order chi connectivity index (χ0) is 17.6. The molecule has 0 aromatic heterocycles. The summed E-state index contributed by atoms with van der Waals surface area (Å²) in [4.78, 5) is 5.18. The second-order valence-electron chi connectivity index (χ2n) is 7.85. The van der Waals surface area contributed by atoms with Crippen LogP contribution in [0.15, 0.2) is 24.3 Å². The van der Waals surface area contributed by atoms with Crippen molar-refractivity contribution in [3.05, 3.63) is 29.8 Å². The molecule has 3 fully saturated rings. The van der Waals surface area contributed by atoms with E-state index in [1.54, 1.807) is 0 Å². The first-order valence-electron chi connectivity index (χ1n) is 10.4. The fraction of sp³-hybridized carbons (Fsp3) is 0.714. The second-order valence-corrected chi connectivity index (χ2v) is 7.85. The lowest BCUT2D eigenvalue weighted by molar-refractivity contribution is 0.0358. The predicted octanol–water partition coefficient (Wildman–Crippen LogP) is 2.11. The van der Waals surface area contributed by atoms with Crippen LogP contribution in [0.4, 0.5) is 0 Å². The van der Waals surface area contributed by atoms with Gasteiger partial charge in [0.25, 0.3) is 0 Å². The number of hydrogen-bond donors (Lipinski definition) is 1. The SMILES string of the molecule is c1cc(OCCCN2CCOCC2)ccc1CN1[C@@H]2CCNC[C@H]1CC2. The van der Waals surface area contributed by atoms with Gasteiger partial charge in [0, 0.05) is 44.8 Å². The Bertz CT molecular complexity index is 531. The zero-order valence-corrected chi connectivity index (χ0v) is 15.9. The van der Waals surface area contributed by atoms with E-state index in [1.165, 1.54) is 31.4 Å². The maximum atomic E-state index is 5.94. The van der Waals surface area contributed by atoms with E-state index in [1.807, 2.05) is 0 Å². The quantitative estimate of drug-likeness (QED) is 0.755. The largest absolute Gasteiger partial charge is 0.494 e. The van der Waals surface area contributed by atoms with Crippen molar-refractivity contribution in [2.75, 3.05) is 52.5 Å². The van der Waals surface area contributed by atoms with Crippen LogP contribution in [0.2, 0.25) is 0 Å². The molecule has 0 aliphatic carbocycles. The third kappa shape index (κ3) is 4.77. The fourth-order valence-corrected chi connectivity index (χ4v) is 4.54. The summed E-state index contributed by atoms with van der Waals surface area (Å²) in [5.74, 6) is 0.997. The lowest BCUT2D eigenvalue weighted by Gasteiger charge is -2.27. The summed E-state index contributed by atoms with van der Waals surface area (Å²) < 4.78 is 11.3. The van der Waals surface area contributed by atoms with Crippen LogP contribution in [-0.4, -0.2) is 74.4 Å². The van der Waals surface area contributed by atoms with Crippen molar-refractivity contribution >= 4 is 0 Å². The number of nitrogens with zero attached hydrogens (tertiary/aromatic N) is 2. The van der Waals surface area contributed by atoms with Crippen LogP contribution >= 0.6 is 0 Å². The molecule has 2 bridgehead atoms. The number of nitrogens with one attached hydrogen (secondary N) is 1. The second kappa shape index (κ2) is 9.18. The number of hydrogen-bond acceptors (Lipinski definition) is 5. The van der Waals surface area contributed by atoms with Crippen molar-refractivity contribution in [2.45, 2.75) is 44.3 Å². The van der Waals surface area contributed by atoms with E-state index in [9.17, 15) is 0 Å². The normalized spacial score (nSPS) is 27.4. The average Bonchev–Trinajstić information content (AvgIpc) is 2.93. The Morgan fingerprint density at radius 2 is 1.85 bits per heavy atom. The molecule has 0 saturated carbocycles. The molecule has 5 nitrogen and oxygen atoms in total. The minimum atomic E-state index is 0.721. The molecule has 3 aliphatic rings. The van der Waals surface area contributed by atoms with Gasteiger partial charge in [-0.25, -0.2) is 0 Å². The summed E-state index contributed by atoms with van der Waals surface area (Å²) in [7, 11) is 0. The van der Waals surface area contributed by atoms with Crippen LogP contribution < -0.4 is 10.1 Å². The highest BCUT2D eigenvalue weighted by Gasteiger charge is 2.34. The highest BCUT2D eigenvalue weighted by atomic mass is 16.5. The molecule has 144 valence electrons. The van der Waals surface area contributed by atoms with Crippen LogP contribution in [0.5, 0.6) is 5.75 Å². The van der Waals surface area contributed by atoms with Gasteiger partial charge in [0.05, 0.1) is 19.8 Å². The molecule has 2 atom stereocenters. The maximum absolute atomic E-state index is 5.94. The minimum Gasteiger partial charge on any atom is -0.494 e. The standard InChI is InChI=1S/C21H33N3O2/c1(10-23-11-14-25-15-12-23)13-26-21-6-2-18(3-7-21)17-24-19-4-5-20(24)16-22-9-8-19/h2-3,6-7,19-20,22H,1,4-5,8-17H2/t19-,20+/m0/s1. The van der Waals surface area contributed by atoms with E-state index in [0.29, 0.717) is 0 Å². The van der Waals surface area contributed by atoms with E-state index in [0.717, 1.165) is 76.8 Å². The molecule has 1 aromatic rings. The Hall–Kier alpha value is -1.14. The van der Waals surface area contributed by atoms with Gasteiger partial charge in [-0.1, -0.05) is 12.1 Å². The molecule has 0 radical (unpaired) electrons. The molecule has 3 aliphatic heterocycles. The third-order valence-corrected chi connectivity index (χ3v) is 6.09. The van der Waals surface area contributed by atoms with Gasteiger partial charge in [-0.3, -0.25) is 9.80 Å². The van der Waals surface area contributed by atoms with E-state index in [2.05, 4.69) is 39.4 Å². The number of morpholine rings is 1. The monoisotopic (exact) mass is 359 g/mol. The first-order valence-corrected chi connectivity index (χ1v) is 10.4. The van der Waals surface area contributed by atoms with Gasteiger partial charge in [0.15, 0.2) is 0 Å². The summed E-state index contributed by atoms with van der Waals surface area (Å²) in [5.41, 5.74) is 1.41. The first-order chi connectivity index (χ1) is 12.9. The summed E-state index contributed by atoms with van der Waals surface area (Å²) in [6, 6.07) is 10.3. The predicted molar refractivity (Wildman–Crippen MR) is 104 cm³/mol. The molecule has 3 saturated heterocycles. The molecule has 0 spiro atoms. The molecule has 0 amide bonds. The van der Waals surface area contributed by atoms with Crippen LogP contribution in [0.1, 0.15) is 31.2 Å². The molecule has 0 unspecified atom stereocenters. The maximum Gasteiger partial charge on any atom is 0.119 e. The smallest absolute Gasteiger partial charge is 0.119 e. The fourth-order valence-electron chi connectivity index (χ4n) is 4.54. The number of benzene rings is 1. The van der Waals surface area contributed by atoms with Gasteiger partial charge in [-0.15, -0.1) is 0 Å².